The molecule has 7 rings (SSSR count). The quantitative estimate of drug-likeness (QED) is 0.261. The number of nitrogens with zero attached hydrogens (tertiary/aromatic N) is 1. The van der Waals surface area contributed by atoms with E-state index in [9.17, 15) is 19.2 Å². The van der Waals surface area contributed by atoms with Crippen molar-refractivity contribution in [1.29, 1.82) is 0 Å². The summed E-state index contributed by atoms with van der Waals surface area (Å²) in [5.74, 6) is -4.13. The van der Waals surface area contributed by atoms with E-state index in [2.05, 4.69) is 15.6 Å². The molecule has 3 aliphatic rings. The number of carbonyl (C=O) groups is 4. The topological polar surface area (TPSA) is 121 Å². The van der Waals surface area contributed by atoms with Gasteiger partial charge in [0.25, 0.3) is 0 Å². The third-order valence-corrected chi connectivity index (χ3v) is 8.68. The summed E-state index contributed by atoms with van der Waals surface area (Å²) >= 11 is 6.46. The minimum absolute atomic E-state index is 0.0844. The molecular weight excluding hydrogens is 532 g/mol. The molecule has 4 aromatic rings. The van der Waals surface area contributed by atoms with Crippen molar-refractivity contribution in [2.45, 2.75) is 18.0 Å². The van der Waals surface area contributed by atoms with Gasteiger partial charge in [0.1, 0.15) is 5.54 Å². The third-order valence-electron chi connectivity index (χ3n) is 8.36. The Hall–Kier alpha value is -4.47. The Bertz CT molecular complexity index is 1770. The van der Waals surface area contributed by atoms with Crippen molar-refractivity contribution < 1.29 is 23.9 Å². The molecule has 3 aliphatic heterocycles. The summed E-state index contributed by atoms with van der Waals surface area (Å²) in [7, 11) is 1.24. The number of carbonyl (C=O) groups excluding carboxylic acids is 4. The van der Waals surface area contributed by atoms with Crippen molar-refractivity contribution in [3.63, 3.8) is 0 Å². The molecule has 0 bridgehead atoms. The van der Waals surface area contributed by atoms with Crippen molar-refractivity contribution in [2.24, 2.45) is 11.8 Å². The fourth-order valence-corrected chi connectivity index (χ4v) is 6.92. The van der Waals surface area contributed by atoms with E-state index in [0.29, 0.717) is 22.7 Å². The highest BCUT2D eigenvalue weighted by Gasteiger charge is 2.71. The summed E-state index contributed by atoms with van der Waals surface area (Å²) in [5.41, 5.74) is 1.52. The highest BCUT2D eigenvalue weighted by atomic mass is 35.5. The van der Waals surface area contributed by atoms with Gasteiger partial charge >= 0.3 is 5.97 Å². The minimum atomic E-state index is -1.52. The molecule has 4 atom stereocenters. The number of methoxy groups -OCH3 is 1. The number of anilines is 2. The average molecular weight is 555 g/mol. The number of hydrogen-bond acceptors (Lipinski definition) is 6. The van der Waals surface area contributed by atoms with Crippen LogP contribution >= 0.6 is 11.6 Å². The number of ether oxygens (including phenoxy) is 1. The molecule has 3 amide bonds. The van der Waals surface area contributed by atoms with Gasteiger partial charge in [0.2, 0.25) is 17.7 Å². The molecule has 2 saturated heterocycles. The predicted molar refractivity (Wildman–Crippen MR) is 148 cm³/mol. The van der Waals surface area contributed by atoms with E-state index in [-0.39, 0.29) is 11.3 Å². The number of benzene rings is 3. The van der Waals surface area contributed by atoms with Gasteiger partial charge in [-0.3, -0.25) is 19.7 Å². The number of esters is 1. The smallest absolute Gasteiger partial charge is 0.339 e. The van der Waals surface area contributed by atoms with E-state index in [1.54, 1.807) is 30.3 Å². The van der Waals surface area contributed by atoms with Crippen LogP contribution in [0.5, 0.6) is 0 Å². The second-order valence-electron chi connectivity index (χ2n) is 10.3. The summed E-state index contributed by atoms with van der Waals surface area (Å²) in [4.78, 5) is 59.3. The van der Waals surface area contributed by atoms with Gasteiger partial charge in [-0.1, -0.05) is 54.1 Å². The molecule has 40 heavy (non-hydrogen) atoms. The number of aromatic nitrogens is 1. The van der Waals surface area contributed by atoms with E-state index >= 15 is 0 Å². The van der Waals surface area contributed by atoms with Gasteiger partial charge in [0.15, 0.2) is 0 Å². The standard InChI is InChI=1S/C30H23ClN4O5/c1-40-28(38)17-8-3-5-12-22(17)35-26(36)23-21(13-15-14-32-20-11-4-2-7-16(15)20)34-30(24(23)27(35)37)18-9-6-10-19(31)25(18)33-29(30)39/h2-12,14,21,23-24,32,34H,13H2,1H3,(H,33,39)/t21-,23+,24+,30-/m1/s1. The lowest BCUT2D eigenvalue weighted by molar-refractivity contribution is -0.130. The number of amides is 3. The van der Waals surface area contributed by atoms with Crippen LogP contribution in [0.4, 0.5) is 11.4 Å². The number of nitrogens with one attached hydrogen (secondary N) is 3. The first-order valence-electron chi connectivity index (χ1n) is 12.8. The van der Waals surface area contributed by atoms with Crippen LogP contribution in [0.1, 0.15) is 21.5 Å². The lowest BCUT2D eigenvalue weighted by Crippen LogP contribution is -2.53. The largest absolute Gasteiger partial charge is 0.465 e. The maximum Gasteiger partial charge on any atom is 0.339 e. The van der Waals surface area contributed by atoms with Gasteiger partial charge in [0, 0.05) is 28.7 Å². The summed E-state index contributed by atoms with van der Waals surface area (Å²) in [6, 6.07) is 18.7. The van der Waals surface area contributed by atoms with Crippen LogP contribution in [0.3, 0.4) is 0 Å². The highest BCUT2D eigenvalue weighted by Crippen LogP contribution is 2.55. The molecule has 0 unspecified atom stereocenters. The van der Waals surface area contributed by atoms with Gasteiger partial charge in [-0.05, 0) is 36.2 Å². The summed E-state index contributed by atoms with van der Waals surface area (Å²) in [6.45, 7) is 0. The molecule has 3 aromatic carbocycles. The van der Waals surface area contributed by atoms with Crippen LogP contribution in [-0.4, -0.2) is 41.8 Å². The fourth-order valence-electron chi connectivity index (χ4n) is 6.69. The maximum absolute atomic E-state index is 14.3. The second kappa shape index (κ2) is 8.77. The Kier molecular flexibility index (Phi) is 5.39. The van der Waals surface area contributed by atoms with Crippen molar-refractivity contribution in [2.75, 3.05) is 17.3 Å². The molecule has 1 aromatic heterocycles. The zero-order valence-corrected chi connectivity index (χ0v) is 22.0. The summed E-state index contributed by atoms with van der Waals surface area (Å²) in [6.07, 6.45) is 2.26. The third kappa shape index (κ3) is 3.19. The molecule has 0 saturated carbocycles. The van der Waals surface area contributed by atoms with Gasteiger partial charge in [-0.2, -0.15) is 0 Å². The van der Waals surface area contributed by atoms with Crippen LogP contribution in [0.15, 0.2) is 72.9 Å². The summed E-state index contributed by atoms with van der Waals surface area (Å²) < 4.78 is 4.92. The molecule has 3 N–H and O–H groups in total. The first-order chi connectivity index (χ1) is 19.4. The van der Waals surface area contributed by atoms with E-state index in [1.165, 1.54) is 19.2 Å². The van der Waals surface area contributed by atoms with Crippen LogP contribution < -0.4 is 15.5 Å². The van der Waals surface area contributed by atoms with Crippen LogP contribution in [0, 0.1) is 11.8 Å². The zero-order chi connectivity index (χ0) is 27.8. The van der Waals surface area contributed by atoms with Crippen LogP contribution in [0.25, 0.3) is 10.9 Å². The van der Waals surface area contributed by atoms with Gasteiger partial charge in [0.05, 0.1) is 40.9 Å². The Morgan fingerprint density at radius 1 is 1.00 bits per heavy atom. The Morgan fingerprint density at radius 3 is 2.60 bits per heavy atom. The predicted octanol–water partition coefficient (Wildman–Crippen LogP) is 3.78. The summed E-state index contributed by atoms with van der Waals surface area (Å²) in [5, 5.41) is 7.62. The van der Waals surface area contributed by atoms with Crippen molar-refractivity contribution in [3.05, 3.63) is 94.6 Å². The Labute approximate surface area is 233 Å². The number of aromatic amines is 1. The lowest BCUT2D eigenvalue weighted by Gasteiger charge is -2.30. The minimum Gasteiger partial charge on any atom is -0.465 e. The van der Waals surface area contributed by atoms with E-state index in [1.807, 2.05) is 30.5 Å². The molecule has 1 spiro atoms. The number of rotatable bonds is 4. The molecular formula is C30H23ClN4O5. The van der Waals surface area contributed by atoms with Gasteiger partial charge in [-0.25, -0.2) is 9.69 Å². The monoisotopic (exact) mass is 554 g/mol. The van der Waals surface area contributed by atoms with Crippen molar-refractivity contribution >= 4 is 57.6 Å². The highest BCUT2D eigenvalue weighted by molar-refractivity contribution is 6.35. The van der Waals surface area contributed by atoms with Gasteiger partial charge < -0.3 is 15.0 Å². The normalized spacial score (nSPS) is 25.0. The number of hydrogen-bond donors (Lipinski definition) is 3. The first-order valence-corrected chi connectivity index (χ1v) is 13.2. The molecule has 10 heteroatoms. The van der Waals surface area contributed by atoms with E-state index < -0.39 is 47.1 Å². The lowest BCUT2D eigenvalue weighted by atomic mass is 9.76. The maximum atomic E-state index is 14.3. The fraction of sp³-hybridized carbons (Fsp3) is 0.200. The van der Waals surface area contributed by atoms with Crippen molar-refractivity contribution in [1.82, 2.24) is 10.3 Å². The molecule has 0 radical (unpaired) electrons. The number of para-hydroxylation sites is 3. The number of imide groups is 1. The Balaban J connectivity index is 1.40. The van der Waals surface area contributed by atoms with Gasteiger partial charge in [-0.15, -0.1) is 0 Å². The van der Waals surface area contributed by atoms with Crippen LogP contribution in [-0.2, 0) is 31.1 Å². The molecule has 9 nitrogen and oxygen atoms in total. The Morgan fingerprint density at radius 2 is 1.77 bits per heavy atom. The second-order valence-corrected chi connectivity index (χ2v) is 10.7. The zero-order valence-electron chi connectivity index (χ0n) is 21.2. The number of fused-ring (bicyclic) bond motifs is 5. The average Bonchev–Trinajstić information content (AvgIpc) is 3.68. The van der Waals surface area contributed by atoms with Crippen molar-refractivity contribution in [3.8, 4) is 0 Å². The number of H-pyrrole nitrogens is 1. The first kappa shape index (κ1) is 24.6. The molecule has 4 heterocycles. The SMILES string of the molecule is COC(=O)c1ccccc1N1C(=O)[C@@H]2[C@@H](C1=O)[C@@]1(N[C@@H]2Cc2c[nH]c3ccccc23)C(=O)Nc2c(Cl)cccc21. The number of halogens is 1. The van der Waals surface area contributed by atoms with E-state index in [4.69, 9.17) is 16.3 Å². The van der Waals surface area contributed by atoms with E-state index in [0.717, 1.165) is 21.4 Å². The molecule has 0 aliphatic carbocycles. The van der Waals surface area contributed by atoms with Crippen LogP contribution in [0.2, 0.25) is 5.02 Å². The molecule has 2 fully saturated rings. The molecule has 200 valence electrons.